The van der Waals surface area contributed by atoms with E-state index in [1.807, 2.05) is 6.92 Å². The number of hydrogen-bond donors (Lipinski definition) is 1. The molecular weight excluding hydrogens is 264 g/mol. The molecule has 1 aliphatic heterocycles. The number of nitrogens with zero attached hydrogens (tertiary/aromatic N) is 3. The van der Waals surface area contributed by atoms with Crippen molar-refractivity contribution in [2.24, 2.45) is 17.6 Å². The van der Waals surface area contributed by atoms with Crippen LogP contribution in [0.1, 0.15) is 19.8 Å². The van der Waals surface area contributed by atoms with Crippen LogP contribution in [0.4, 0.5) is 0 Å². The Morgan fingerprint density at radius 3 is 2.89 bits per heavy atom. The third kappa shape index (κ3) is 2.00. The second-order valence-corrected chi connectivity index (χ2v) is 7.36. The molecule has 106 valence electrons. The van der Waals surface area contributed by atoms with Crippen LogP contribution in [0.25, 0.3) is 0 Å². The summed E-state index contributed by atoms with van der Waals surface area (Å²) in [6.45, 7) is 3.61. The molecule has 6 nitrogen and oxygen atoms in total. The molecule has 2 heterocycles. The third-order valence-electron chi connectivity index (χ3n) is 4.46. The lowest BCUT2D eigenvalue weighted by atomic mass is 9.98. The molecule has 0 amide bonds. The van der Waals surface area contributed by atoms with Crippen LogP contribution in [0.5, 0.6) is 0 Å². The van der Waals surface area contributed by atoms with Crippen molar-refractivity contribution in [3.63, 3.8) is 0 Å². The van der Waals surface area contributed by atoms with E-state index in [0.717, 1.165) is 12.8 Å². The van der Waals surface area contributed by atoms with Gasteiger partial charge in [-0.05, 0) is 37.7 Å². The lowest BCUT2D eigenvalue weighted by Crippen LogP contribution is -2.34. The number of rotatable bonds is 3. The van der Waals surface area contributed by atoms with Crippen molar-refractivity contribution < 1.29 is 8.42 Å². The minimum absolute atomic E-state index is 0.154. The second-order valence-electron chi connectivity index (χ2n) is 5.47. The number of aryl methyl sites for hydroxylation is 1. The van der Waals surface area contributed by atoms with E-state index < -0.39 is 10.0 Å². The monoisotopic (exact) mass is 284 g/mol. The zero-order chi connectivity index (χ0) is 13.6. The summed E-state index contributed by atoms with van der Waals surface area (Å²) in [4.78, 5) is 0. The van der Waals surface area contributed by atoms with Crippen LogP contribution in [0, 0.1) is 11.8 Å². The average molecular weight is 284 g/mol. The Morgan fingerprint density at radius 1 is 1.42 bits per heavy atom. The highest BCUT2D eigenvalue weighted by atomic mass is 32.2. The summed E-state index contributed by atoms with van der Waals surface area (Å²) in [6.07, 6.45) is 3.61. The largest absolute Gasteiger partial charge is 0.327 e. The van der Waals surface area contributed by atoms with Gasteiger partial charge in [-0.2, -0.15) is 9.40 Å². The summed E-state index contributed by atoms with van der Waals surface area (Å²) in [6, 6.07) is 1.73. The first-order chi connectivity index (χ1) is 9.04. The van der Waals surface area contributed by atoms with Crippen molar-refractivity contribution in [2.75, 3.05) is 13.1 Å². The molecule has 1 aromatic heterocycles. The first kappa shape index (κ1) is 13.1. The Kier molecular flexibility index (Phi) is 3.15. The third-order valence-corrected chi connectivity index (χ3v) is 6.31. The minimum Gasteiger partial charge on any atom is -0.327 e. The van der Waals surface area contributed by atoms with E-state index in [2.05, 4.69) is 5.10 Å². The molecule has 1 saturated heterocycles. The maximum atomic E-state index is 12.6. The molecule has 0 radical (unpaired) electrons. The highest BCUT2D eigenvalue weighted by Gasteiger charge is 2.45. The smallest absolute Gasteiger partial charge is 0.260 e. The molecule has 2 fully saturated rings. The van der Waals surface area contributed by atoms with Crippen LogP contribution in [-0.2, 0) is 16.6 Å². The first-order valence-electron chi connectivity index (χ1n) is 6.81. The van der Waals surface area contributed by atoms with Crippen molar-refractivity contribution in [2.45, 2.75) is 37.4 Å². The summed E-state index contributed by atoms with van der Waals surface area (Å²) >= 11 is 0. The SMILES string of the molecule is CCn1nccc1S(=O)(=O)N1CC2CCC(N)C2C1. The number of fused-ring (bicyclic) bond motifs is 1. The highest BCUT2D eigenvalue weighted by molar-refractivity contribution is 7.89. The first-order valence-corrected chi connectivity index (χ1v) is 8.25. The van der Waals surface area contributed by atoms with E-state index >= 15 is 0 Å². The van der Waals surface area contributed by atoms with Gasteiger partial charge in [0, 0.05) is 25.7 Å². The Bertz CT molecular complexity index is 568. The molecular formula is C12H20N4O2S. The van der Waals surface area contributed by atoms with Crippen LogP contribution in [-0.4, -0.2) is 41.6 Å². The van der Waals surface area contributed by atoms with Gasteiger partial charge in [-0.25, -0.2) is 8.42 Å². The van der Waals surface area contributed by atoms with Gasteiger partial charge in [0.25, 0.3) is 10.0 Å². The van der Waals surface area contributed by atoms with Gasteiger partial charge in [0.2, 0.25) is 0 Å². The Morgan fingerprint density at radius 2 is 2.21 bits per heavy atom. The Balaban J connectivity index is 1.87. The average Bonchev–Trinajstić information content (AvgIpc) is 3.06. The number of sulfonamides is 1. The van der Waals surface area contributed by atoms with E-state index in [-0.39, 0.29) is 6.04 Å². The molecule has 1 aromatic rings. The molecule has 1 aliphatic carbocycles. The van der Waals surface area contributed by atoms with E-state index in [1.54, 1.807) is 16.6 Å². The van der Waals surface area contributed by atoms with Crippen LogP contribution < -0.4 is 5.73 Å². The minimum atomic E-state index is -3.43. The van der Waals surface area contributed by atoms with E-state index in [1.165, 1.54) is 4.68 Å². The number of aromatic nitrogens is 2. The van der Waals surface area contributed by atoms with Gasteiger partial charge in [-0.15, -0.1) is 0 Å². The van der Waals surface area contributed by atoms with Gasteiger partial charge < -0.3 is 5.73 Å². The van der Waals surface area contributed by atoms with Crippen LogP contribution >= 0.6 is 0 Å². The molecule has 0 aromatic carbocycles. The molecule has 0 spiro atoms. The molecule has 7 heteroatoms. The predicted octanol–water partition coefficient (Wildman–Crippen LogP) is 0.261. The van der Waals surface area contributed by atoms with E-state index in [4.69, 9.17) is 5.73 Å². The zero-order valence-corrected chi connectivity index (χ0v) is 11.9. The normalized spacial score (nSPS) is 31.8. The topological polar surface area (TPSA) is 81.2 Å². The Hall–Kier alpha value is -0.920. The summed E-state index contributed by atoms with van der Waals surface area (Å²) in [5.74, 6) is 0.760. The summed E-state index contributed by atoms with van der Waals surface area (Å²) in [5.41, 5.74) is 6.06. The summed E-state index contributed by atoms with van der Waals surface area (Å²) in [7, 11) is -3.43. The van der Waals surface area contributed by atoms with Crippen molar-refractivity contribution >= 4 is 10.0 Å². The lowest BCUT2D eigenvalue weighted by Gasteiger charge is -2.18. The van der Waals surface area contributed by atoms with Crippen LogP contribution in [0.3, 0.4) is 0 Å². The molecule has 1 saturated carbocycles. The predicted molar refractivity (Wildman–Crippen MR) is 70.8 cm³/mol. The highest BCUT2D eigenvalue weighted by Crippen LogP contribution is 2.39. The fourth-order valence-corrected chi connectivity index (χ4v) is 5.07. The van der Waals surface area contributed by atoms with Crippen LogP contribution in [0.15, 0.2) is 17.3 Å². The van der Waals surface area contributed by atoms with Crippen molar-refractivity contribution in [1.29, 1.82) is 0 Å². The van der Waals surface area contributed by atoms with Gasteiger partial charge in [-0.1, -0.05) is 0 Å². The fourth-order valence-electron chi connectivity index (χ4n) is 3.37. The van der Waals surface area contributed by atoms with Crippen molar-refractivity contribution in [3.8, 4) is 0 Å². The fraction of sp³-hybridized carbons (Fsp3) is 0.750. The lowest BCUT2D eigenvalue weighted by molar-refractivity contribution is 0.420. The van der Waals surface area contributed by atoms with Crippen molar-refractivity contribution in [1.82, 2.24) is 14.1 Å². The molecule has 0 bridgehead atoms. The quantitative estimate of drug-likeness (QED) is 0.863. The summed E-state index contributed by atoms with van der Waals surface area (Å²) < 4.78 is 28.4. The van der Waals surface area contributed by atoms with Gasteiger partial charge in [0.1, 0.15) is 0 Å². The summed E-state index contributed by atoms with van der Waals surface area (Å²) in [5, 5.41) is 4.34. The standard InChI is InChI=1S/C12H20N4O2S/c1-2-16-12(5-6-14-16)19(17,18)15-7-9-3-4-11(13)10(9)8-15/h5-6,9-11H,2-4,7-8,13H2,1H3. The van der Waals surface area contributed by atoms with Gasteiger partial charge >= 0.3 is 0 Å². The van der Waals surface area contributed by atoms with Gasteiger partial charge in [-0.3, -0.25) is 4.68 Å². The number of nitrogens with two attached hydrogens (primary N) is 1. The second kappa shape index (κ2) is 4.57. The molecule has 19 heavy (non-hydrogen) atoms. The Labute approximate surface area is 113 Å². The maximum absolute atomic E-state index is 12.6. The number of hydrogen-bond acceptors (Lipinski definition) is 4. The molecule has 3 rings (SSSR count). The van der Waals surface area contributed by atoms with E-state index in [9.17, 15) is 8.42 Å². The van der Waals surface area contributed by atoms with E-state index in [0.29, 0.717) is 36.5 Å². The van der Waals surface area contributed by atoms with Gasteiger partial charge in [0.05, 0.1) is 6.20 Å². The maximum Gasteiger partial charge on any atom is 0.260 e. The van der Waals surface area contributed by atoms with Crippen LogP contribution in [0.2, 0.25) is 0 Å². The zero-order valence-electron chi connectivity index (χ0n) is 11.1. The van der Waals surface area contributed by atoms with Gasteiger partial charge in [0.15, 0.2) is 5.03 Å². The molecule has 2 aliphatic rings. The molecule has 3 atom stereocenters. The van der Waals surface area contributed by atoms with Crippen molar-refractivity contribution in [3.05, 3.63) is 12.3 Å². The molecule has 3 unspecified atom stereocenters. The molecule has 2 N–H and O–H groups in total.